The van der Waals surface area contributed by atoms with E-state index in [1.165, 1.54) is 6.07 Å². The summed E-state index contributed by atoms with van der Waals surface area (Å²) in [4.78, 5) is 23.0. The smallest absolute Gasteiger partial charge is 0.269 e. The van der Waals surface area contributed by atoms with E-state index in [-0.39, 0.29) is 16.6 Å². The number of nitrogens with one attached hydrogen (secondary N) is 1. The molecule has 0 spiro atoms. The first-order valence-corrected chi connectivity index (χ1v) is 9.36. The molecule has 1 amide bonds. The molecule has 0 aliphatic carbocycles. The molecule has 0 radical (unpaired) electrons. The summed E-state index contributed by atoms with van der Waals surface area (Å²) in [6.45, 7) is 1.75. The number of hydrogen-bond acceptors (Lipinski definition) is 5. The first kappa shape index (κ1) is 18.6. The lowest BCUT2D eigenvalue weighted by Gasteiger charge is -2.26. The first-order chi connectivity index (χ1) is 13.6. The second-order valence-corrected chi connectivity index (χ2v) is 6.75. The van der Waals surface area contributed by atoms with Gasteiger partial charge in [-0.1, -0.05) is 17.7 Å². The third kappa shape index (κ3) is 3.63. The molecule has 0 saturated carbocycles. The maximum absolute atomic E-state index is 14.8. The van der Waals surface area contributed by atoms with Crippen molar-refractivity contribution >= 4 is 39.9 Å². The van der Waals surface area contributed by atoms with Gasteiger partial charge in [0.15, 0.2) is 5.82 Å². The number of halogens is 2. The molecule has 3 heterocycles. The number of benzene rings is 1. The van der Waals surface area contributed by atoms with Gasteiger partial charge in [-0.3, -0.25) is 9.78 Å². The van der Waals surface area contributed by atoms with E-state index in [2.05, 4.69) is 15.3 Å². The lowest BCUT2D eigenvalue weighted by atomic mass is 10.2. The molecule has 1 N–H and O–H groups in total. The van der Waals surface area contributed by atoms with E-state index in [1.54, 1.807) is 41.4 Å². The fourth-order valence-electron chi connectivity index (χ4n) is 3.15. The normalized spacial score (nSPS) is 15.6. The summed E-state index contributed by atoms with van der Waals surface area (Å²) in [7, 11) is 0. The molecule has 3 aromatic rings. The van der Waals surface area contributed by atoms with Crippen molar-refractivity contribution in [3.63, 3.8) is 0 Å². The Morgan fingerprint density at radius 2 is 2.04 bits per heavy atom. The zero-order chi connectivity index (χ0) is 19.5. The van der Waals surface area contributed by atoms with Crippen LogP contribution in [0.25, 0.3) is 11.0 Å². The Bertz CT molecular complexity index is 1030. The van der Waals surface area contributed by atoms with Gasteiger partial charge < -0.3 is 15.0 Å². The fourth-order valence-corrected chi connectivity index (χ4v) is 3.32. The van der Waals surface area contributed by atoms with Gasteiger partial charge in [0.05, 0.1) is 28.5 Å². The topological polar surface area (TPSA) is 67.3 Å². The monoisotopic (exact) mass is 400 g/mol. The SMILES string of the molecule is O=C1NCCCOCCN(c2cccc(Cl)c2F)c2ccnc3ccc1nc23. The molecule has 1 aromatic carbocycles. The van der Waals surface area contributed by atoms with Crippen molar-refractivity contribution in [2.45, 2.75) is 6.42 Å². The molecule has 1 aliphatic heterocycles. The summed E-state index contributed by atoms with van der Waals surface area (Å²) in [5.74, 6) is -0.788. The van der Waals surface area contributed by atoms with E-state index in [0.29, 0.717) is 55.1 Å². The maximum atomic E-state index is 14.8. The van der Waals surface area contributed by atoms with Crippen LogP contribution in [-0.2, 0) is 4.74 Å². The van der Waals surface area contributed by atoms with Crippen molar-refractivity contribution in [3.8, 4) is 0 Å². The van der Waals surface area contributed by atoms with Crippen LogP contribution in [-0.4, -0.2) is 42.2 Å². The Morgan fingerprint density at radius 1 is 1.14 bits per heavy atom. The van der Waals surface area contributed by atoms with Gasteiger partial charge in [-0.05, 0) is 36.8 Å². The Labute approximate surface area is 166 Å². The number of fused-ring (bicyclic) bond motifs is 1. The number of carbonyl (C=O) groups is 1. The van der Waals surface area contributed by atoms with Gasteiger partial charge in [0.2, 0.25) is 0 Å². The van der Waals surface area contributed by atoms with Crippen LogP contribution in [0, 0.1) is 5.82 Å². The molecule has 0 unspecified atom stereocenters. The zero-order valence-electron chi connectivity index (χ0n) is 15.0. The Balaban J connectivity index is 1.90. The zero-order valence-corrected chi connectivity index (χ0v) is 15.7. The van der Waals surface area contributed by atoms with Gasteiger partial charge in [0.25, 0.3) is 5.91 Å². The van der Waals surface area contributed by atoms with Gasteiger partial charge >= 0.3 is 0 Å². The predicted octanol–water partition coefficient (Wildman–Crippen LogP) is 3.71. The highest BCUT2D eigenvalue weighted by atomic mass is 35.5. The standard InChI is InChI=1S/C20H18ClFN4O2/c21-13-3-1-4-16(18(13)22)26-10-12-28-11-2-8-24-20(27)15-6-5-14-19(25-15)17(26)7-9-23-14/h1,3-7,9H,2,8,10-12H2,(H,24,27). The minimum absolute atomic E-state index is 0.0349. The molecule has 2 bridgehead atoms. The quantitative estimate of drug-likeness (QED) is 0.674. The molecule has 1 aliphatic rings. The number of anilines is 2. The number of carbonyl (C=O) groups excluding carboxylic acids is 1. The van der Waals surface area contributed by atoms with Gasteiger partial charge in [0, 0.05) is 25.9 Å². The molecular formula is C20H18ClFN4O2. The van der Waals surface area contributed by atoms with E-state index in [0.717, 1.165) is 0 Å². The molecule has 4 rings (SSSR count). The number of rotatable bonds is 1. The largest absolute Gasteiger partial charge is 0.380 e. The Kier molecular flexibility index (Phi) is 5.36. The summed E-state index contributed by atoms with van der Waals surface area (Å²) in [5.41, 5.74) is 2.35. The fraction of sp³-hybridized carbons (Fsp3) is 0.250. The summed E-state index contributed by atoms with van der Waals surface area (Å²) >= 11 is 6.01. The van der Waals surface area contributed by atoms with Crippen LogP contribution in [0.1, 0.15) is 16.9 Å². The molecule has 28 heavy (non-hydrogen) atoms. The lowest BCUT2D eigenvalue weighted by Crippen LogP contribution is -2.26. The van der Waals surface area contributed by atoms with E-state index in [4.69, 9.17) is 16.3 Å². The average molecular weight is 401 g/mol. The Morgan fingerprint density at radius 3 is 2.93 bits per heavy atom. The second kappa shape index (κ2) is 8.08. The highest BCUT2D eigenvalue weighted by molar-refractivity contribution is 6.31. The van der Waals surface area contributed by atoms with Crippen molar-refractivity contribution < 1.29 is 13.9 Å². The van der Waals surface area contributed by atoms with Crippen LogP contribution < -0.4 is 10.2 Å². The highest BCUT2D eigenvalue weighted by Gasteiger charge is 2.20. The summed E-state index contributed by atoms with van der Waals surface area (Å²) in [5, 5.41) is 2.86. The minimum Gasteiger partial charge on any atom is -0.380 e. The highest BCUT2D eigenvalue weighted by Crippen LogP contribution is 2.34. The van der Waals surface area contributed by atoms with Gasteiger partial charge in [-0.25, -0.2) is 9.37 Å². The lowest BCUT2D eigenvalue weighted by molar-refractivity contribution is 0.0939. The molecular weight excluding hydrogens is 383 g/mol. The van der Waals surface area contributed by atoms with Crippen molar-refractivity contribution in [1.82, 2.24) is 15.3 Å². The van der Waals surface area contributed by atoms with Crippen molar-refractivity contribution in [1.29, 1.82) is 0 Å². The van der Waals surface area contributed by atoms with Gasteiger partial charge in [-0.15, -0.1) is 0 Å². The second-order valence-electron chi connectivity index (χ2n) is 6.34. The van der Waals surface area contributed by atoms with Crippen LogP contribution >= 0.6 is 11.6 Å². The molecule has 0 fully saturated rings. The van der Waals surface area contributed by atoms with Crippen LogP contribution in [0.15, 0.2) is 42.6 Å². The van der Waals surface area contributed by atoms with Crippen LogP contribution in [0.3, 0.4) is 0 Å². The Hall–Kier alpha value is -2.77. The number of pyridine rings is 2. The van der Waals surface area contributed by atoms with Crippen LogP contribution in [0.5, 0.6) is 0 Å². The number of ether oxygens (including phenoxy) is 1. The third-order valence-corrected chi connectivity index (χ3v) is 4.81. The van der Waals surface area contributed by atoms with Crippen molar-refractivity contribution in [3.05, 3.63) is 59.1 Å². The molecule has 0 saturated heterocycles. The van der Waals surface area contributed by atoms with Crippen LogP contribution in [0.2, 0.25) is 5.02 Å². The molecule has 144 valence electrons. The third-order valence-electron chi connectivity index (χ3n) is 4.52. The minimum atomic E-state index is -0.521. The van der Waals surface area contributed by atoms with E-state index in [1.807, 2.05) is 0 Å². The number of nitrogens with zero attached hydrogens (tertiary/aromatic N) is 3. The predicted molar refractivity (Wildman–Crippen MR) is 106 cm³/mol. The average Bonchev–Trinajstić information content (AvgIpc) is 2.72. The molecule has 2 aromatic heterocycles. The number of aromatic nitrogens is 2. The van der Waals surface area contributed by atoms with Crippen molar-refractivity contribution in [2.24, 2.45) is 0 Å². The maximum Gasteiger partial charge on any atom is 0.269 e. The van der Waals surface area contributed by atoms with Gasteiger partial charge in [-0.2, -0.15) is 0 Å². The molecule has 8 heteroatoms. The van der Waals surface area contributed by atoms with Gasteiger partial charge in [0.1, 0.15) is 11.2 Å². The molecule has 6 nitrogen and oxygen atoms in total. The summed E-state index contributed by atoms with van der Waals surface area (Å²) < 4.78 is 20.5. The van der Waals surface area contributed by atoms with Crippen LogP contribution in [0.4, 0.5) is 15.8 Å². The number of amides is 1. The van der Waals surface area contributed by atoms with Crippen molar-refractivity contribution in [2.75, 3.05) is 31.2 Å². The van der Waals surface area contributed by atoms with E-state index < -0.39 is 5.82 Å². The molecule has 0 atom stereocenters. The first-order valence-electron chi connectivity index (χ1n) is 8.98. The summed E-state index contributed by atoms with van der Waals surface area (Å²) in [6, 6.07) is 9.97. The van der Waals surface area contributed by atoms with E-state index in [9.17, 15) is 9.18 Å². The summed E-state index contributed by atoms with van der Waals surface area (Å²) in [6.07, 6.45) is 2.31. The number of hydrogen-bond donors (Lipinski definition) is 1. The van der Waals surface area contributed by atoms with E-state index >= 15 is 0 Å².